The van der Waals surface area contributed by atoms with Gasteiger partial charge < -0.3 is 20.5 Å². The van der Waals surface area contributed by atoms with Crippen molar-refractivity contribution >= 4 is 24.0 Å². The van der Waals surface area contributed by atoms with Crippen LogP contribution in [0, 0.1) is 0 Å². The van der Waals surface area contributed by atoms with Crippen molar-refractivity contribution in [3.05, 3.63) is 87.2 Å². The zero-order valence-electron chi connectivity index (χ0n) is 21.7. The standard InChI is InChI=1S/C28H31ClN4O3.CH2O2/c29-22-8-4-7-21(17-22)28(19-30)11-9-23(10-12-28)33-27(35)24(26(34)32-13-15-36-16-14-32)18-25(31-33)20-5-2-1-3-6-20;2-1-3/h1-8,17-18,23H,9-16,19,30H2;1H,(H,2,3)/t23-,28-;. The molecular weight excluding hydrogens is 520 g/mol. The summed E-state index contributed by atoms with van der Waals surface area (Å²) in [5, 5.41) is 12.4. The van der Waals surface area contributed by atoms with Crippen LogP contribution in [0.1, 0.15) is 47.6 Å². The highest BCUT2D eigenvalue weighted by Gasteiger charge is 2.37. The van der Waals surface area contributed by atoms with Crippen molar-refractivity contribution in [3.63, 3.8) is 0 Å². The molecular formula is C29H33ClN4O5. The fourth-order valence-corrected chi connectivity index (χ4v) is 5.62. The van der Waals surface area contributed by atoms with E-state index in [2.05, 4.69) is 6.07 Å². The van der Waals surface area contributed by atoms with Gasteiger partial charge in [0.25, 0.3) is 17.9 Å². The molecule has 3 aromatic rings. The van der Waals surface area contributed by atoms with Crippen LogP contribution in [0.5, 0.6) is 0 Å². The highest BCUT2D eigenvalue weighted by atomic mass is 35.5. The van der Waals surface area contributed by atoms with Crippen molar-refractivity contribution in [1.82, 2.24) is 14.7 Å². The van der Waals surface area contributed by atoms with Crippen LogP contribution in [0.15, 0.2) is 65.5 Å². The number of nitrogens with two attached hydrogens (primary N) is 1. The second-order valence-electron chi connectivity index (χ2n) is 9.79. The van der Waals surface area contributed by atoms with Gasteiger partial charge in [-0.05, 0) is 49.4 Å². The second-order valence-corrected chi connectivity index (χ2v) is 10.2. The van der Waals surface area contributed by atoms with Gasteiger partial charge in [0.2, 0.25) is 0 Å². The number of morpholine rings is 1. The van der Waals surface area contributed by atoms with E-state index in [1.165, 1.54) is 0 Å². The number of rotatable bonds is 5. The van der Waals surface area contributed by atoms with Crippen LogP contribution in [0.3, 0.4) is 0 Å². The van der Waals surface area contributed by atoms with Crippen LogP contribution in [-0.4, -0.2) is 65.0 Å². The number of amides is 1. The van der Waals surface area contributed by atoms with Crippen LogP contribution < -0.4 is 11.3 Å². The van der Waals surface area contributed by atoms with E-state index in [9.17, 15) is 9.59 Å². The van der Waals surface area contributed by atoms with Crippen molar-refractivity contribution < 1.29 is 19.4 Å². The van der Waals surface area contributed by atoms with Crippen LogP contribution >= 0.6 is 11.6 Å². The number of carbonyl (C=O) groups is 2. The molecule has 3 N–H and O–H groups in total. The molecule has 39 heavy (non-hydrogen) atoms. The van der Waals surface area contributed by atoms with Crippen molar-refractivity contribution in [2.45, 2.75) is 37.1 Å². The Kier molecular flexibility index (Phi) is 9.50. The van der Waals surface area contributed by atoms with Crippen molar-refractivity contribution in [2.24, 2.45) is 5.73 Å². The molecule has 1 aliphatic carbocycles. The minimum Gasteiger partial charge on any atom is -0.483 e. The second kappa shape index (κ2) is 13.0. The largest absolute Gasteiger partial charge is 0.483 e. The molecule has 1 saturated heterocycles. The molecule has 1 amide bonds. The third kappa shape index (κ3) is 6.38. The number of halogens is 1. The molecule has 10 heteroatoms. The number of aromatic nitrogens is 2. The van der Waals surface area contributed by atoms with E-state index in [4.69, 9.17) is 37.1 Å². The van der Waals surface area contributed by atoms with Crippen LogP contribution in [0.2, 0.25) is 5.02 Å². The predicted molar refractivity (Wildman–Crippen MR) is 149 cm³/mol. The smallest absolute Gasteiger partial charge is 0.290 e. The first-order chi connectivity index (χ1) is 18.9. The van der Waals surface area contributed by atoms with Gasteiger partial charge in [0.1, 0.15) is 5.56 Å². The Morgan fingerprint density at radius 1 is 1.10 bits per heavy atom. The first-order valence-electron chi connectivity index (χ1n) is 13.0. The summed E-state index contributed by atoms with van der Waals surface area (Å²) in [7, 11) is 0. The molecule has 0 radical (unpaired) electrons. The van der Waals surface area contributed by atoms with Gasteiger partial charge in [-0.3, -0.25) is 14.4 Å². The first kappa shape index (κ1) is 28.5. The molecule has 0 atom stereocenters. The summed E-state index contributed by atoms with van der Waals surface area (Å²) in [5.41, 5.74) is 8.56. The Morgan fingerprint density at radius 2 is 1.77 bits per heavy atom. The number of nitrogens with zero attached hydrogens (tertiary/aromatic N) is 3. The van der Waals surface area contributed by atoms with Crippen LogP contribution in [0.25, 0.3) is 11.3 Å². The molecule has 0 unspecified atom stereocenters. The topological polar surface area (TPSA) is 128 Å². The van der Waals surface area contributed by atoms with Crippen LogP contribution in [0.4, 0.5) is 0 Å². The molecule has 1 aromatic heterocycles. The van der Waals surface area contributed by atoms with Gasteiger partial charge in [0, 0.05) is 35.6 Å². The van der Waals surface area contributed by atoms with E-state index in [-0.39, 0.29) is 35.0 Å². The average Bonchev–Trinajstić information content (AvgIpc) is 2.98. The van der Waals surface area contributed by atoms with Gasteiger partial charge in [-0.2, -0.15) is 5.10 Å². The first-order valence-corrected chi connectivity index (χ1v) is 13.4. The highest BCUT2D eigenvalue weighted by molar-refractivity contribution is 6.30. The monoisotopic (exact) mass is 552 g/mol. The molecule has 9 nitrogen and oxygen atoms in total. The molecule has 1 aliphatic heterocycles. The lowest BCUT2D eigenvalue weighted by Gasteiger charge is -2.40. The van der Waals surface area contributed by atoms with E-state index in [1.54, 1.807) is 15.6 Å². The number of benzene rings is 2. The Hall–Kier alpha value is -3.53. The van der Waals surface area contributed by atoms with Gasteiger partial charge >= 0.3 is 0 Å². The zero-order valence-corrected chi connectivity index (χ0v) is 22.4. The Balaban J connectivity index is 0.00000112. The van der Waals surface area contributed by atoms with Crippen LogP contribution in [-0.2, 0) is 14.9 Å². The number of hydrogen-bond acceptors (Lipinski definition) is 6. The lowest BCUT2D eigenvalue weighted by molar-refractivity contribution is -0.122. The lowest BCUT2D eigenvalue weighted by atomic mass is 9.68. The third-order valence-electron chi connectivity index (χ3n) is 7.62. The summed E-state index contributed by atoms with van der Waals surface area (Å²) in [4.78, 5) is 37.1. The number of carboxylic acid groups (broad SMARTS) is 1. The van der Waals surface area contributed by atoms with Crippen molar-refractivity contribution in [2.75, 3.05) is 32.8 Å². The molecule has 2 aliphatic rings. The van der Waals surface area contributed by atoms with Gasteiger partial charge in [-0.15, -0.1) is 0 Å². The molecule has 0 spiro atoms. The molecule has 1 saturated carbocycles. The minimum atomic E-state index is -0.334. The summed E-state index contributed by atoms with van der Waals surface area (Å²) in [6.45, 7) is 2.16. The summed E-state index contributed by atoms with van der Waals surface area (Å²) < 4.78 is 6.94. The Labute approximate surface area is 232 Å². The van der Waals surface area contributed by atoms with Gasteiger partial charge in [0.05, 0.1) is 24.9 Å². The molecule has 2 aromatic carbocycles. The number of ether oxygens (including phenoxy) is 1. The summed E-state index contributed by atoms with van der Waals surface area (Å²) in [6.07, 6.45) is 3.09. The predicted octanol–water partition coefficient (Wildman–Crippen LogP) is 3.75. The maximum atomic E-state index is 13.7. The fourth-order valence-electron chi connectivity index (χ4n) is 5.43. The van der Waals surface area contributed by atoms with Gasteiger partial charge in [0.15, 0.2) is 0 Å². The van der Waals surface area contributed by atoms with Crippen molar-refractivity contribution in [1.29, 1.82) is 0 Å². The Bertz CT molecular complexity index is 1330. The zero-order chi connectivity index (χ0) is 27.8. The SMILES string of the molecule is NC[C@]1(c2cccc(Cl)c2)CC[C@H](n2nc(-c3ccccc3)cc(C(=O)N3CCOCC3)c2=O)CC1.O=CO. The highest BCUT2D eigenvalue weighted by Crippen LogP contribution is 2.42. The molecule has 2 heterocycles. The van der Waals surface area contributed by atoms with E-state index in [0.717, 1.165) is 36.8 Å². The van der Waals surface area contributed by atoms with Crippen molar-refractivity contribution in [3.8, 4) is 11.3 Å². The molecule has 5 rings (SSSR count). The number of carbonyl (C=O) groups excluding carboxylic acids is 1. The maximum Gasteiger partial charge on any atom is 0.290 e. The third-order valence-corrected chi connectivity index (χ3v) is 7.85. The van der Waals surface area contributed by atoms with E-state index in [1.807, 2.05) is 48.5 Å². The maximum absolute atomic E-state index is 13.7. The summed E-state index contributed by atoms with van der Waals surface area (Å²) >= 11 is 6.28. The Morgan fingerprint density at radius 3 is 2.38 bits per heavy atom. The fraction of sp³-hybridized carbons (Fsp3) is 0.379. The quantitative estimate of drug-likeness (QED) is 0.461. The van der Waals surface area contributed by atoms with Gasteiger partial charge in [-0.1, -0.05) is 54.1 Å². The van der Waals surface area contributed by atoms with E-state index >= 15 is 0 Å². The number of hydrogen-bond donors (Lipinski definition) is 2. The molecule has 206 valence electrons. The normalized spacial score (nSPS) is 21.0. The van der Waals surface area contributed by atoms with E-state index < -0.39 is 0 Å². The summed E-state index contributed by atoms with van der Waals surface area (Å²) in [5.74, 6) is -0.261. The minimum absolute atomic E-state index is 0.115. The summed E-state index contributed by atoms with van der Waals surface area (Å²) in [6, 6.07) is 19.1. The van der Waals surface area contributed by atoms with E-state index in [0.29, 0.717) is 43.6 Å². The molecule has 2 fully saturated rings. The van der Waals surface area contributed by atoms with Gasteiger partial charge in [-0.25, -0.2) is 4.68 Å². The lowest BCUT2D eigenvalue weighted by Crippen LogP contribution is -2.45. The average molecular weight is 553 g/mol. The molecule has 0 bridgehead atoms.